The summed E-state index contributed by atoms with van der Waals surface area (Å²) in [5.41, 5.74) is 0.855. The number of carbonyl (C=O) groups is 1. The molecule has 0 radical (unpaired) electrons. The summed E-state index contributed by atoms with van der Waals surface area (Å²) in [4.78, 5) is 16.2. The van der Waals surface area contributed by atoms with Crippen molar-refractivity contribution in [2.24, 2.45) is 0 Å². The molecular weight excluding hydrogens is 408 g/mol. The average Bonchev–Trinajstić information content (AvgIpc) is 2.68. The molecule has 0 saturated heterocycles. The fourth-order valence-electron chi connectivity index (χ4n) is 2.58. The van der Waals surface area contributed by atoms with Crippen LogP contribution in [0.15, 0.2) is 65.3 Å². The molecule has 3 aromatic rings. The van der Waals surface area contributed by atoms with E-state index in [1.165, 1.54) is 0 Å². The van der Waals surface area contributed by atoms with Gasteiger partial charge in [0.1, 0.15) is 17.0 Å². The molecule has 0 atom stereocenters. The number of hydrogen-bond acceptors (Lipinski definition) is 4. The van der Waals surface area contributed by atoms with Crippen LogP contribution in [0.4, 0.5) is 0 Å². The lowest BCUT2D eigenvalue weighted by molar-refractivity contribution is -0.121. The third-order valence-electron chi connectivity index (χ3n) is 3.89. The van der Waals surface area contributed by atoms with Gasteiger partial charge in [0.2, 0.25) is 5.91 Å². The van der Waals surface area contributed by atoms with Crippen molar-refractivity contribution in [1.82, 2.24) is 10.3 Å². The van der Waals surface area contributed by atoms with Gasteiger partial charge in [0.05, 0.1) is 19.6 Å². The van der Waals surface area contributed by atoms with Gasteiger partial charge in [0.15, 0.2) is 0 Å². The first-order valence-corrected chi connectivity index (χ1v) is 9.63. The van der Waals surface area contributed by atoms with Gasteiger partial charge >= 0.3 is 0 Å². The van der Waals surface area contributed by atoms with Crippen molar-refractivity contribution in [1.29, 1.82) is 0 Å². The number of halogens is 1. The van der Waals surface area contributed by atoms with Crippen molar-refractivity contribution in [3.63, 3.8) is 0 Å². The molecule has 1 amide bonds. The number of benzene rings is 2. The molecular formula is C21H21BrN2O3. The molecule has 0 aliphatic carbocycles. The third kappa shape index (κ3) is 5.96. The number of amides is 1. The zero-order valence-electron chi connectivity index (χ0n) is 14.9. The van der Waals surface area contributed by atoms with E-state index in [0.717, 1.165) is 33.3 Å². The number of para-hydroxylation sites is 1. The largest absolute Gasteiger partial charge is 0.493 e. The number of rotatable bonds is 9. The zero-order chi connectivity index (χ0) is 18.9. The van der Waals surface area contributed by atoms with Crippen LogP contribution < -0.4 is 14.8 Å². The minimum absolute atomic E-state index is 0.0307. The highest BCUT2D eigenvalue weighted by atomic mass is 79.9. The van der Waals surface area contributed by atoms with Crippen molar-refractivity contribution in [3.8, 4) is 11.5 Å². The minimum atomic E-state index is -0.0307. The van der Waals surface area contributed by atoms with Crippen LogP contribution in [0.3, 0.4) is 0 Å². The average molecular weight is 429 g/mol. The lowest BCUT2D eigenvalue weighted by Gasteiger charge is -2.10. The van der Waals surface area contributed by atoms with E-state index in [0.29, 0.717) is 26.2 Å². The quantitative estimate of drug-likeness (QED) is 0.514. The molecule has 1 N–H and O–H groups in total. The van der Waals surface area contributed by atoms with Gasteiger partial charge in [-0.25, -0.2) is 0 Å². The molecule has 0 spiro atoms. The fourth-order valence-corrected chi connectivity index (χ4v) is 2.96. The summed E-state index contributed by atoms with van der Waals surface area (Å²) in [6, 6.07) is 17.3. The number of carbonyl (C=O) groups excluding carboxylic acids is 1. The maximum Gasteiger partial charge on any atom is 0.223 e. The van der Waals surface area contributed by atoms with Crippen LogP contribution in [-0.4, -0.2) is 30.6 Å². The number of pyridine rings is 1. The van der Waals surface area contributed by atoms with Gasteiger partial charge in [0, 0.05) is 22.6 Å². The van der Waals surface area contributed by atoms with Crippen LogP contribution in [0.1, 0.15) is 12.8 Å². The highest BCUT2D eigenvalue weighted by molar-refractivity contribution is 9.10. The predicted octanol–water partition coefficient (Wildman–Crippen LogP) is 4.35. The molecule has 1 aromatic heterocycles. The Hall–Kier alpha value is -2.60. The van der Waals surface area contributed by atoms with Crippen LogP contribution in [0.25, 0.3) is 10.9 Å². The van der Waals surface area contributed by atoms with Crippen molar-refractivity contribution < 1.29 is 14.3 Å². The summed E-state index contributed by atoms with van der Waals surface area (Å²) in [6.07, 6.45) is 2.80. The number of nitrogens with zero attached hydrogens (tertiary/aromatic N) is 1. The van der Waals surface area contributed by atoms with Crippen LogP contribution >= 0.6 is 15.9 Å². The Morgan fingerprint density at radius 3 is 2.78 bits per heavy atom. The highest BCUT2D eigenvalue weighted by Crippen LogP contribution is 2.22. The zero-order valence-corrected chi connectivity index (χ0v) is 16.4. The minimum Gasteiger partial charge on any atom is -0.493 e. The lowest BCUT2D eigenvalue weighted by atomic mass is 10.2. The van der Waals surface area contributed by atoms with Crippen LogP contribution in [0, 0.1) is 0 Å². The topological polar surface area (TPSA) is 60.5 Å². The number of nitrogens with one attached hydrogen (secondary N) is 1. The maximum absolute atomic E-state index is 11.9. The van der Waals surface area contributed by atoms with Crippen molar-refractivity contribution in [2.45, 2.75) is 12.8 Å². The Bertz CT molecular complexity index is 896. The molecule has 0 aliphatic rings. The van der Waals surface area contributed by atoms with Gasteiger partial charge in [-0.1, -0.05) is 40.2 Å². The van der Waals surface area contributed by atoms with Gasteiger partial charge in [-0.3, -0.25) is 9.78 Å². The molecule has 6 heteroatoms. The molecule has 140 valence electrons. The van der Waals surface area contributed by atoms with E-state index in [9.17, 15) is 4.79 Å². The molecule has 1 heterocycles. The Morgan fingerprint density at radius 1 is 1.04 bits per heavy atom. The molecule has 5 nitrogen and oxygen atoms in total. The van der Waals surface area contributed by atoms with Gasteiger partial charge in [-0.2, -0.15) is 0 Å². The van der Waals surface area contributed by atoms with Crippen LogP contribution in [-0.2, 0) is 4.79 Å². The standard InChI is InChI=1S/C21H21BrN2O3/c22-17-7-2-8-18(15-17)26-14-10-20(25)23-12-4-13-27-19-9-1-5-16-6-3-11-24-21(16)19/h1-3,5-9,11,15H,4,10,12-14H2,(H,23,25). The molecule has 0 saturated carbocycles. The molecule has 0 fully saturated rings. The van der Waals surface area contributed by atoms with E-state index in [2.05, 4.69) is 26.2 Å². The maximum atomic E-state index is 11.9. The molecule has 3 rings (SSSR count). The molecule has 2 aromatic carbocycles. The van der Waals surface area contributed by atoms with E-state index in [1.54, 1.807) is 6.20 Å². The molecule has 0 bridgehead atoms. The molecule has 0 aliphatic heterocycles. The van der Waals surface area contributed by atoms with Gasteiger partial charge in [-0.05, 0) is 36.8 Å². The predicted molar refractivity (Wildman–Crippen MR) is 109 cm³/mol. The molecule has 27 heavy (non-hydrogen) atoms. The number of ether oxygens (including phenoxy) is 2. The van der Waals surface area contributed by atoms with E-state index in [4.69, 9.17) is 9.47 Å². The summed E-state index contributed by atoms with van der Waals surface area (Å²) in [6.45, 7) is 1.43. The third-order valence-corrected chi connectivity index (χ3v) is 4.38. The van der Waals surface area contributed by atoms with Gasteiger partial charge in [-0.15, -0.1) is 0 Å². The van der Waals surface area contributed by atoms with Crippen molar-refractivity contribution >= 4 is 32.7 Å². The summed E-state index contributed by atoms with van der Waals surface area (Å²) >= 11 is 3.39. The Labute approximate surface area is 166 Å². The molecule has 0 unspecified atom stereocenters. The first-order valence-electron chi connectivity index (χ1n) is 8.84. The van der Waals surface area contributed by atoms with Crippen molar-refractivity contribution in [3.05, 3.63) is 65.3 Å². The SMILES string of the molecule is O=C(CCOc1cccc(Br)c1)NCCCOc1cccc2cccnc12. The van der Waals surface area contributed by atoms with Crippen LogP contribution in [0.2, 0.25) is 0 Å². The summed E-state index contributed by atoms with van der Waals surface area (Å²) in [5, 5.41) is 3.93. The van der Waals surface area contributed by atoms with E-state index in [1.807, 2.05) is 54.6 Å². The first kappa shape index (κ1) is 19.2. The second-order valence-electron chi connectivity index (χ2n) is 5.94. The second-order valence-corrected chi connectivity index (χ2v) is 6.85. The van der Waals surface area contributed by atoms with Gasteiger partial charge in [0.25, 0.3) is 0 Å². The van der Waals surface area contributed by atoms with Crippen molar-refractivity contribution in [2.75, 3.05) is 19.8 Å². The Kier molecular flexibility index (Phi) is 7.04. The Morgan fingerprint density at radius 2 is 1.89 bits per heavy atom. The van der Waals surface area contributed by atoms with Gasteiger partial charge < -0.3 is 14.8 Å². The number of hydrogen-bond donors (Lipinski definition) is 1. The summed E-state index contributed by atoms with van der Waals surface area (Å²) < 4.78 is 12.3. The Balaban J connectivity index is 1.32. The second kappa shape index (κ2) is 9.92. The smallest absolute Gasteiger partial charge is 0.223 e. The highest BCUT2D eigenvalue weighted by Gasteiger charge is 2.04. The van der Waals surface area contributed by atoms with E-state index in [-0.39, 0.29) is 5.91 Å². The summed E-state index contributed by atoms with van der Waals surface area (Å²) in [7, 11) is 0. The normalized spacial score (nSPS) is 10.6. The summed E-state index contributed by atoms with van der Waals surface area (Å²) in [5.74, 6) is 1.48. The fraction of sp³-hybridized carbons (Fsp3) is 0.238. The monoisotopic (exact) mass is 428 g/mol. The number of aromatic nitrogens is 1. The van der Waals surface area contributed by atoms with E-state index >= 15 is 0 Å². The first-order chi connectivity index (χ1) is 13.2. The lowest BCUT2D eigenvalue weighted by Crippen LogP contribution is -2.26. The van der Waals surface area contributed by atoms with Crippen LogP contribution in [0.5, 0.6) is 11.5 Å². The number of fused-ring (bicyclic) bond motifs is 1. The van der Waals surface area contributed by atoms with E-state index < -0.39 is 0 Å².